The summed E-state index contributed by atoms with van der Waals surface area (Å²) in [4.78, 5) is 54.4. The summed E-state index contributed by atoms with van der Waals surface area (Å²) in [5, 5.41) is 8.52. The fourth-order valence-electron chi connectivity index (χ4n) is 5.89. The van der Waals surface area contributed by atoms with Crippen molar-refractivity contribution in [3.8, 4) is 0 Å². The highest BCUT2D eigenvalue weighted by atomic mass is 19.4. The summed E-state index contributed by atoms with van der Waals surface area (Å²) in [7, 11) is 2.08. The van der Waals surface area contributed by atoms with Crippen LogP contribution in [0.4, 0.5) is 43.9 Å². The van der Waals surface area contributed by atoms with Gasteiger partial charge >= 0.3 is 12.4 Å². The van der Waals surface area contributed by atoms with E-state index in [0.29, 0.717) is 24.3 Å². The van der Waals surface area contributed by atoms with E-state index in [9.17, 15) is 54.3 Å². The molecule has 0 aliphatic rings. The third-order valence-electron chi connectivity index (χ3n) is 8.83. The van der Waals surface area contributed by atoms with Crippen LogP contribution in [0.25, 0.3) is 0 Å². The van der Waals surface area contributed by atoms with Gasteiger partial charge in [0.15, 0.2) is 0 Å². The molecule has 0 fully saturated rings. The molecule has 0 aliphatic carbocycles. The van der Waals surface area contributed by atoms with Crippen LogP contribution < -0.4 is 21.3 Å². The maximum absolute atomic E-state index is 15.2. The lowest BCUT2D eigenvalue weighted by atomic mass is 9.92. The Kier molecular flexibility index (Phi) is 13.4. The highest BCUT2D eigenvalue weighted by molar-refractivity contribution is 6.00. The number of carbonyl (C=O) groups excluding carboxylic acids is 4. The van der Waals surface area contributed by atoms with Crippen LogP contribution in [0.3, 0.4) is 0 Å². The van der Waals surface area contributed by atoms with Crippen molar-refractivity contribution in [1.82, 2.24) is 21.3 Å². The number of carbonyl (C=O) groups is 4. The first kappa shape index (κ1) is 43.7. The van der Waals surface area contributed by atoms with E-state index in [0.717, 1.165) is 38.4 Å². The average molecular weight is 815 g/mol. The minimum absolute atomic E-state index is 0.0270. The molecule has 19 heteroatoms. The van der Waals surface area contributed by atoms with Crippen LogP contribution >= 0.6 is 0 Å². The van der Waals surface area contributed by atoms with Crippen molar-refractivity contribution in [2.75, 3.05) is 14.1 Å². The van der Waals surface area contributed by atoms with Crippen molar-refractivity contribution in [3.63, 3.8) is 0 Å². The summed E-state index contributed by atoms with van der Waals surface area (Å²) >= 11 is 0. The lowest BCUT2D eigenvalue weighted by Gasteiger charge is -2.35. The summed E-state index contributed by atoms with van der Waals surface area (Å²) in [5.74, 6) is -10.3. The van der Waals surface area contributed by atoms with E-state index < -0.39 is 106 Å². The Morgan fingerprint density at radius 3 is 1.23 bits per heavy atom. The number of hydrogen-bond acceptors (Lipinski definition) is 5. The van der Waals surface area contributed by atoms with Crippen molar-refractivity contribution in [3.05, 3.63) is 141 Å². The molecule has 0 radical (unpaired) electrons. The molecule has 4 atom stereocenters. The maximum Gasteiger partial charge on any atom is 0.417 e. The van der Waals surface area contributed by atoms with Crippen molar-refractivity contribution in [2.24, 2.45) is 0 Å². The van der Waals surface area contributed by atoms with Crippen LogP contribution in [0.15, 0.2) is 72.8 Å². The molecule has 4 amide bonds. The molecule has 4 rings (SSSR count). The van der Waals surface area contributed by atoms with Gasteiger partial charge in [0.25, 0.3) is 11.8 Å². The van der Waals surface area contributed by atoms with Crippen LogP contribution in [-0.2, 0) is 26.7 Å². The third kappa shape index (κ3) is 9.89. The number of halogens is 10. The van der Waals surface area contributed by atoms with Gasteiger partial charge in [-0.1, -0.05) is 24.3 Å². The molecular formula is C38H32F10N4O5. The largest absolute Gasteiger partial charge is 0.417 e. The van der Waals surface area contributed by atoms with Gasteiger partial charge in [0.2, 0.25) is 11.8 Å². The molecule has 0 saturated carbocycles. The second-order valence-electron chi connectivity index (χ2n) is 12.4. The molecule has 4 aromatic carbocycles. The van der Waals surface area contributed by atoms with Crippen LogP contribution in [-0.4, -0.2) is 49.8 Å². The standard InChI is InChI=1S/C38H32F10N4O5/c1-17-21(7-5-9-27(17)41)31(29(35(55)49-3)51-33(53)23-13-11-19(39)15-25(23)37(43,44)45)57-32(22-8-6-10-28(42)18(22)2)30(36(56)50-4)52-34(54)24-14-12-20(40)16-26(24)38(46,47)48/h5-16,29-32H,1-4H3,(H,49,55)(H,50,56)(H,51,53)(H,52,54). The number of amides is 4. The lowest BCUT2D eigenvalue weighted by molar-refractivity contribution is -0.138. The molecule has 304 valence electrons. The predicted molar refractivity (Wildman–Crippen MR) is 182 cm³/mol. The number of alkyl halides is 6. The normalized spacial score (nSPS) is 13.9. The van der Waals surface area contributed by atoms with Crippen molar-refractivity contribution in [1.29, 1.82) is 0 Å². The molecule has 0 bridgehead atoms. The van der Waals surface area contributed by atoms with E-state index in [1.54, 1.807) is 0 Å². The lowest BCUT2D eigenvalue weighted by Crippen LogP contribution is -2.53. The second-order valence-corrected chi connectivity index (χ2v) is 12.4. The van der Waals surface area contributed by atoms with E-state index in [-0.39, 0.29) is 34.4 Å². The maximum atomic E-state index is 15.2. The number of nitrogens with one attached hydrogen (secondary N) is 4. The molecule has 0 saturated heterocycles. The highest BCUT2D eigenvalue weighted by Gasteiger charge is 2.43. The van der Waals surface area contributed by atoms with E-state index in [2.05, 4.69) is 21.3 Å². The van der Waals surface area contributed by atoms with Gasteiger partial charge in [-0.15, -0.1) is 0 Å². The third-order valence-corrected chi connectivity index (χ3v) is 8.83. The Morgan fingerprint density at radius 2 is 0.912 bits per heavy atom. The Balaban J connectivity index is 1.98. The molecule has 0 aromatic heterocycles. The number of hydrogen-bond donors (Lipinski definition) is 4. The van der Waals surface area contributed by atoms with Gasteiger partial charge in [-0.25, -0.2) is 17.6 Å². The monoisotopic (exact) mass is 814 g/mol. The van der Waals surface area contributed by atoms with E-state index in [1.165, 1.54) is 26.0 Å². The van der Waals surface area contributed by atoms with Gasteiger partial charge < -0.3 is 26.0 Å². The Hall–Kier alpha value is -5.98. The van der Waals surface area contributed by atoms with Gasteiger partial charge in [-0.05, 0) is 84.6 Å². The van der Waals surface area contributed by atoms with Gasteiger partial charge in [-0.3, -0.25) is 19.2 Å². The zero-order valence-electron chi connectivity index (χ0n) is 30.1. The molecule has 0 aliphatic heterocycles. The number of benzene rings is 4. The predicted octanol–water partition coefficient (Wildman–Crippen LogP) is 6.79. The number of ether oxygens (including phenoxy) is 1. The van der Waals surface area contributed by atoms with Crippen LogP contribution in [0, 0.1) is 37.1 Å². The molecule has 57 heavy (non-hydrogen) atoms. The second kappa shape index (κ2) is 17.4. The fourth-order valence-corrected chi connectivity index (χ4v) is 5.89. The van der Waals surface area contributed by atoms with Crippen molar-refractivity contribution >= 4 is 23.6 Å². The fraction of sp³-hybridized carbons (Fsp3) is 0.263. The summed E-state index contributed by atoms with van der Waals surface area (Å²) in [5.41, 5.74) is -6.97. The first-order valence-corrected chi connectivity index (χ1v) is 16.5. The van der Waals surface area contributed by atoms with Crippen LogP contribution in [0.1, 0.15) is 66.3 Å². The van der Waals surface area contributed by atoms with Crippen molar-refractivity contribution in [2.45, 2.75) is 50.5 Å². The van der Waals surface area contributed by atoms with E-state index >= 15 is 8.78 Å². The summed E-state index contributed by atoms with van der Waals surface area (Å²) in [6, 6.07) is 4.25. The van der Waals surface area contributed by atoms with Crippen LogP contribution in [0.2, 0.25) is 0 Å². The first-order chi connectivity index (χ1) is 26.6. The van der Waals surface area contributed by atoms with Gasteiger partial charge in [0, 0.05) is 14.1 Å². The van der Waals surface area contributed by atoms with Gasteiger partial charge in [0.05, 0.1) is 22.3 Å². The van der Waals surface area contributed by atoms with Crippen molar-refractivity contribution < 1.29 is 67.8 Å². The highest BCUT2D eigenvalue weighted by Crippen LogP contribution is 2.38. The zero-order chi connectivity index (χ0) is 42.6. The van der Waals surface area contributed by atoms with Gasteiger partial charge in [-0.2, -0.15) is 26.3 Å². The smallest absolute Gasteiger partial charge is 0.360 e. The number of likely N-dealkylation sites (N-methyl/N-ethyl adjacent to an activating group) is 2. The average Bonchev–Trinajstić information content (AvgIpc) is 3.14. The molecular weight excluding hydrogens is 782 g/mol. The molecule has 0 heterocycles. The minimum atomic E-state index is -5.29. The summed E-state index contributed by atoms with van der Waals surface area (Å²) < 4.78 is 148. The SMILES string of the molecule is CNC(=O)C(NC(=O)c1ccc(F)cc1C(F)(F)F)C(OC(c1cccc(F)c1C)C(NC(=O)c1ccc(F)cc1C(F)(F)F)C(=O)NC)c1cccc(F)c1C. The Bertz CT molecular complexity index is 2030. The van der Waals surface area contributed by atoms with Gasteiger partial charge in [0.1, 0.15) is 47.6 Å². The number of rotatable bonds is 12. The molecule has 4 unspecified atom stereocenters. The Morgan fingerprint density at radius 1 is 0.561 bits per heavy atom. The summed E-state index contributed by atoms with van der Waals surface area (Å²) in [6.45, 7) is 2.36. The first-order valence-electron chi connectivity index (χ1n) is 16.5. The molecule has 9 nitrogen and oxygen atoms in total. The topological polar surface area (TPSA) is 126 Å². The van der Waals surface area contributed by atoms with E-state index in [4.69, 9.17) is 4.74 Å². The molecule has 4 aromatic rings. The minimum Gasteiger partial charge on any atom is -0.360 e. The van der Waals surface area contributed by atoms with E-state index in [1.807, 2.05) is 0 Å². The summed E-state index contributed by atoms with van der Waals surface area (Å²) in [6.07, 6.45) is -14.7. The zero-order valence-corrected chi connectivity index (χ0v) is 30.1. The quantitative estimate of drug-likeness (QED) is 0.117. The molecule has 4 N–H and O–H groups in total. The molecule has 0 spiro atoms. The van der Waals surface area contributed by atoms with Crippen LogP contribution in [0.5, 0.6) is 0 Å². The Labute approximate surface area is 317 Å².